The van der Waals surface area contributed by atoms with Crippen LogP contribution in [0.1, 0.15) is 0 Å². The highest BCUT2D eigenvalue weighted by Gasteiger charge is 2.21. The zero-order valence-electron chi connectivity index (χ0n) is 36.9. The molecule has 11 aromatic carbocycles. The van der Waals surface area contributed by atoms with E-state index < -0.39 is 0 Å². The third-order valence-electron chi connectivity index (χ3n) is 14.0. The predicted molar refractivity (Wildman–Crippen MR) is 283 cm³/mol. The minimum absolute atomic E-state index is 0.571. The average molecular weight is 881 g/mol. The summed E-state index contributed by atoms with van der Waals surface area (Å²) in [6.45, 7) is 0. The zero-order valence-corrected chi connectivity index (χ0v) is 36.9. The molecule has 0 N–H and O–H groups in total. The third-order valence-corrected chi connectivity index (χ3v) is 14.0. The summed E-state index contributed by atoms with van der Waals surface area (Å²) < 4.78 is 15.6. The van der Waals surface area contributed by atoms with Gasteiger partial charge in [-0.25, -0.2) is 15.0 Å². The Morgan fingerprint density at radius 3 is 1.42 bits per heavy atom. The van der Waals surface area contributed by atoms with E-state index in [-0.39, 0.29) is 0 Å². The number of para-hydroxylation sites is 2. The van der Waals surface area contributed by atoms with Crippen LogP contribution < -0.4 is 0 Å². The van der Waals surface area contributed by atoms with E-state index in [1.165, 1.54) is 48.7 Å². The van der Waals surface area contributed by atoms with Gasteiger partial charge in [-0.3, -0.25) is 0 Å². The van der Waals surface area contributed by atoms with Crippen LogP contribution >= 0.6 is 0 Å². The molecular formula is C63H36N4O2. The number of fused-ring (bicyclic) bond motifs is 15. The molecule has 6 nitrogen and oxygen atoms in total. The van der Waals surface area contributed by atoms with Crippen LogP contribution in [0.4, 0.5) is 0 Å². The summed E-state index contributed by atoms with van der Waals surface area (Å²) >= 11 is 0. The van der Waals surface area contributed by atoms with Crippen molar-refractivity contribution in [3.63, 3.8) is 0 Å². The van der Waals surface area contributed by atoms with E-state index >= 15 is 0 Å². The molecule has 69 heavy (non-hydrogen) atoms. The number of aromatic nitrogens is 4. The van der Waals surface area contributed by atoms with E-state index in [4.69, 9.17) is 23.8 Å². The van der Waals surface area contributed by atoms with Gasteiger partial charge in [0, 0.05) is 54.7 Å². The van der Waals surface area contributed by atoms with E-state index in [9.17, 15) is 0 Å². The highest BCUT2D eigenvalue weighted by atomic mass is 16.3. The topological polar surface area (TPSA) is 69.9 Å². The van der Waals surface area contributed by atoms with E-state index in [1.54, 1.807) is 0 Å². The Hall–Kier alpha value is -9.39. The van der Waals surface area contributed by atoms with E-state index in [0.717, 1.165) is 82.8 Å². The first kappa shape index (κ1) is 37.8. The van der Waals surface area contributed by atoms with Crippen molar-refractivity contribution < 1.29 is 8.83 Å². The van der Waals surface area contributed by atoms with Crippen LogP contribution in [0.2, 0.25) is 0 Å². The van der Waals surface area contributed by atoms with Gasteiger partial charge in [-0.05, 0) is 104 Å². The smallest absolute Gasteiger partial charge is 0.164 e. The Balaban J connectivity index is 0.918. The van der Waals surface area contributed by atoms with Gasteiger partial charge in [-0.2, -0.15) is 0 Å². The van der Waals surface area contributed by atoms with Crippen LogP contribution in [0.3, 0.4) is 0 Å². The molecule has 15 rings (SSSR count). The molecule has 0 saturated heterocycles. The lowest BCUT2D eigenvalue weighted by Crippen LogP contribution is -2.00. The van der Waals surface area contributed by atoms with Crippen molar-refractivity contribution in [3.05, 3.63) is 218 Å². The second kappa shape index (κ2) is 14.6. The van der Waals surface area contributed by atoms with Crippen LogP contribution in [-0.4, -0.2) is 19.5 Å². The van der Waals surface area contributed by atoms with Crippen LogP contribution in [0.15, 0.2) is 227 Å². The molecule has 0 amide bonds. The van der Waals surface area contributed by atoms with Gasteiger partial charge in [0.25, 0.3) is 0 Å². The number of hydrogen-bond donors (Lipinski definition) is 0. The van der Waals surface area contributed by atoms with Crippen molar-refractivity contribution in [2.45, 2.75) is 0 Å². The van der Waals surface area contributed by atoms with Crippen molar-refractivity contribution in [1.29, 1.82) is 0 Å². The van der Waals surface area contributed by atoms with Gasteiger partial charge in [-0.1, -0.05) is 158 Å². The molecule has 0 aliphatic carbocycles. The average Bonchev–Trinajstić information content (AvgIpc) is 4.10. The summed E-state index contributed by atoms with van der Waals surface area (Å²) in [6.07, 6.45) is 0. The zero-order chi connectivity index (χ0) is 45.2. The number of nitrogens with zero attached hydrogens (tertiary/aromatic N) is 4. The largest absolute Gasteiger partial charge is 0.456 e. The van der Waals surface area contributed by atoms with Gasteiger partial charge in [-0.15, -0.1) is 0 Å². The molecule has 4 aromatic heterocycles. The summed E-state index contributed by atoms with van der Waals surface area (Å²) in [5, 5.41) is 13.7. The molecule has 0 bridgehead atoms. The monoisotopic (exact) mass is 880 g/mol. The van der Waals surface area contributed by atoms with Crippen LogP contribution in [0, 0.1) is 0 Å². The van der Waals surface area contributed by atoms with Crippen molar-refractivity contribution in [2.75, 3.05) is 0 Å². The second-order valence-corrected chi connectivity index (χ2v) is 17.8. The Labute approximate surface area is 394 Å². The standard InChI is InChI=1S/C63H36N4O2/c1-2-14-37(15-3-1)61-64-62(39-28-31-46-44-18-5-4-16-42(44)43-17-6-7-19-45(43)50(46)35-39)66-63(65-61)49-23-13-27-58-60(49)51-34-38(29-32-55(51)68-58)41-22-12-26-57-59(41)52-36-40(30-33-56(52)69-57)67-53-24-10-8-20-47(53)48-21-9-11-25-54(48)67/h1-36H. The Kier molecular flexibility index (Phi) is 7.97. The van der Waals surface area contributed by atoms with E-state index in [2.05, 4.69) is 193 Å². The van der Waals surface area contributed by atoms with Crippen molar-refractivity contribution in [3.8, 4) is 51.0 Å². The molecule has 0 atom stereocenters. The normalized spacial score (nSPS) is 12.1. The summed E-state index contributed by atoms with van der Waals surface area (Å²) in [4.78, 5) is 15.7. The SMILES string of the molecule is c1ccc(-c2nc(-c3ccc4c5ccccc5c5ccccc5c4c3)nc(-c3cccc4oc5ccc(-c6cccc7oc8ccc(-n9c%10ccccc%10c%10ccccc%109)cc8c67)cc5c34)n2)cc1. The third kappa shape index (κ3) is 5.69. The first-order valence-electron chi connectivity index (χ1n) is 23.3. The molecule has 0 aliphatic rings. The maximum absolute atomic E-state index is 6.64. The maximum Gasteiger partial charge on any atom is 0.164 e. The minimum Gasteiger partial charge on any atom is -0.456 e. The molecule has 15 aromatic rings. The summed E-state index contributed by atoms with van der Waals surface area (Å²) in [7, 11) is 0. The summed E-state index contributed by atoms with van der Waals surface area (Å²) in [5.41, 5.74) is 11.4. The highest BCUT2D eigenvalue weighted by molar-refractivity contribution is 6.26. The fraction of sp³-hybridized carbons (Fsp3) is 0. The first-order valence-corrected chi connectivity index (χ1v) is 23.3. The maximum atomic E-state index is 6.64. The highest BCUT2D eigenvalue weighted by Crippen LogP contribution is 2.43. The summed E-state index contributed by atoms with van der Waals surface area (Å²) in [6, 6.07) is 76.8. The van der Waals surface area contributed by atoms with Gasteiger partial charge < -0.3 is 13.4 Å². The van der Waals surface area contributed by atoms with Gasteiger partial charge in [0.1, 0.15) is 22.3 Å². The molecule has 6 heteroatoms. The number of benzene rings is 11. The van der Waals surface area contributed by atoms with Gasteiger partial charge in [0.2, 0.25) is 0 Å². The summed E-state index contributed by atoms with van der Waals surface area (Å²) in [5.74, 6) is 1.77. The Bertz CT molecular complexity index is 4530. The van der Waals surface area contributed by atoms with Crippen LogP contribution in [0.25, 0.3) is 149 Å². The lowest BCUT2D eigenvalue weighted by molar-refractivity contribution is 0.669. The molecule has 0 aliphatic heterocycles. The van der Waals surface area contributed by atoms with Gasteiger partial charge >= 0.3 is 0 Å². The first-order chi connectivity index (χ1) is 34.2. The Morgan fingerprint density at radius 1 is 0.275 bits per heavy atom. The van der Waals surface area contributed by atoms with Crippen molar-refractivity contribution >= 4 is 98.0 Å². The van der Waals surface area contributed by atoms with Crippen LogP contribution in [0.5, 0.6) is 0 Å². The van der Waals surface area contributed by atoms with Crippen molar-refractivity contribution in [2.24, 2.45) is 0 Å². The quantitative estimate of drug-likeness (QED) is 0.161. The molecule has 0 radical (unpaired) electrons. The molecule has 0 unspecified atom stereocenters. The molecule has 4 heterocycles. The fourth-order valence-electron chi connectivity index (χ4n) is 11.0. The van der Waals surface area contributed by atoms with Crippen molar-refractivity contribution in [1.82, 2.24) is 19.5 Å². The van der Waals surface area contributed by atoms with Gasteiger partial charge in [0.05, 0.1) is 11.0 Å². The number of hydrogen-bond acceptors (Lipinski definition) is 5. The van der Waals surface area contributed by atoms with Gasteiger partial charge in [0.15, 0.2) is 17.5 Å². The molecule has 0 fully saturated rings. The van der Waals surface area contributed by atoms with E-state index in [1.807, 2.05) is 30.3 Å². The molecule has 0 spiro atoms. The Morgan fingerprint density at radius 2 is 0.754 bits per heavy atom. The number of rotatable bonds is 5. The lowest BCUT2D eigenvalue weighted by atomic mass is 9.93. The lowest BCUT2D eigenvalue weighted by Gasteiger charge is -2.13. The van der Waals surface area contributed by atoms with Crippen LogP contribution in [-0.2, 0) is 0 Å². The fourth-order valence-corrected chi connectivity index (χ4v) is 11.0. The predicted octanol–water partition coefficient (Wildman–Crippen LogP) is 16.9. The van der Waals surface area contributed by atoms with E-state index in [0.29, 0.717) is 17.5 Å². The molecular weight excluding hydrogens is 845 g/mol. The molecule has 0 saturated carbocycles. The number of furan rings is 2. The minimum atomic E-state index is 0.571. The second-order valence-electron chi connectivity index (χ2n) is 17.8. The molecule has 320 valence electrons.